The molecule has 0 aliphatic carbocycles. The van der Waals surface area contributed by atoms with E-state index >= 15 is 0 Å². The van der Waals surface area contributed by atoms with Crippen molar-refractivity contribution < 1.29 is 29.5 Å². The van der Waals surface area contributed by atoms with E-state index in [0.29, 0.717) is 52.0 Å². The van der Waals surface area contributed by atoms with Crippen LogP contribution in [0.3, 0.4) is 0 Å². The highest BCUT2D eigenvalue weighted by atomic mass is 35.5. The van der Waals surface area contributed by atoms with E-state index in [1.54, 1.807) is 54.6 Å². The van der Waals surface area contributed by atoms with Crippen LogP contribution >= 0.6 is 34.8 Å². The van der Waals surface area contributed by atoms with Crippen LogP contribution in [0, 0.1) is 34.0 Å². The van der Waals surface area contributed by atoms with Crippen LogP contribution in [0.15, 0.2) is 182 Å². The second kappa shape index (κ2) is 31.8. The minimum atomic E-state index is -0.712. The van der Waals surface area contributed by atoms with Gasteiger partial charge < -0.3 is 45.5 Å². The van der Waals surface area contributed by atoms with Crippen LogP contribution in [-0.2, 0) is 19.3 Å². The standard InChI is InChI=1S/3C24H25ClN2O2/c3*1-24(2,13-17-10-11-18-6-3-4-7-19(18)12-17)27-15-20(28)16-29-23-9-5-8-22(25)21(23)14-26/h3*3-12,20,27-28H,13,15-16H2,1-2H3/t3*20-/m111/s1. The Morgan fingerprint density at radius 3 is 0.874 bits per heavy atom. The highest BCUT2D eigenvalue weighted by Gasteiger charge is 2.23. The number of fused-ring (bicyclic) bond motifs is 3. The number of halogens is 3. The fourth-order valence-corrected chi connectivity index (χ4v) is 10.5. The van der Waals surface area contributed by atoms with Gasteiger partial charge in [0.1, 0.15) is 90.3 Å². The minimum Gasteiger partial charge on any atom is -0.489 e. The molecule has 0 aromatic heterocycles. The summed E-state index contributed by atoms with van der Waals surface area (Å²) in [6, 6.07) is 65.6. The number of benzene rings is 9. The SMILES string of the molecule is CC(C)(Cc1ccc2ccccc2c1)NC[C@@H](O)COc1cccc(Cl)c1C#N.CC(C)(Cc1ccc2ccccc2c1)NC[C@@H](O)COc1cccc(Cl)c1C#N.CC(C)(Cc1ccc2ccccc2c1)NC[C@@H](O)COc1cccc(Cl)c1C#N. The fourth-order valence-electron chi connectivity index (χ4n) is 9.88. The van der Waals surface area contributed by atoms with Crippen LogP contribution in [0.2, 0.25) is 15.1 Å². The third-order valence-corrected chi connectivity index (χ3v) is 15.3. The maximum Gasteiger partial charge on any atom is 0.138 e. The first kappa shape index (κ1) is 66.8. The van der Waals surface area contributed by atoms with Crippen molar-refractivity contribution in [1.82, 2.24) is 16.0 Å². The molecule has 87 heavy (non-hydrogen) atoms. The largest absolute Gasteiger partial charge is 0.489 e. The lowest BCUT2D eigenvalue weighted by Gasteiger charge is -2.28. The topological polar surface area (TPSA) is 196 Å². The van der Waals surface area contributed by atoms with Crippen molar-refractivity contribution in [2.24, 2.45) is 0 Å². The van der Waals surface area contributed by atoms with Gasteiger partial charge in [0.2, 0.25) is 0 Å². The summed E-state index contributed by atoms with van der Waals surface area (Å²) < 4.78 is 16.8. The molecular weight excluding hydrogens is 1150 g/mol. The van der Waals surface area contributed by atoms with Gasteiger partial charge in [0.05, 0.1) is 15.1 Å². The van der Waals surface area contributed by atoms with Gasteiger partial charge in [-0.25, -0.2) is 0 Å². The molecule has 0 heterocycles. The number of hydrogen-bond acceptors (Lipinski definition) is 12. The van der Waals surface area contributed by atoms with Gasteiger partial charge >= 0.3 is 0 Å². The number of β-amino-alcohol motifs (C(OH)–C–C–N with tert-alkyl or cyclic N) is 3. The van der Waals surface area contributed by atoms with Gasteiger partial charge in [-0.05, 0) is 146 Å². The molecule has 0 spiro atoms. The molecule has 15 heteroatoms. The highest BCUT2D eigenvalue weighted by molar-refractivity contribution is 6.32. The number of nitriles is 3. The molecule has 0 unspecified atom stereocenters. The molecule has 9 aromatic rings. The average molecular weight is 1230 g/mol. The Morgan fingerprint density at radius 1 is 0.368 bits per heavy atom. The summed E-state index contributed by atoms with van der Waals surface area (Å²) in [5, 5.41) is 77.1. The smallest absolute Gasteiger partial charge is 0.138 e. The summed E-state index contributed by atoms with van der Waals surface area (Å²) in [5.74, 6) is 1.15. The molecule has 12 nitrogen and oxygen atoms in total. The predicted molar refractivity (Wildman–Crippen MR) is 352 cm³/mol. The Morgan fingerprint density at radius 2 is 0.621 bits per heavy atom. The van der Waals surface area contributed by atoms with Gasteiger partial charge in [0.15, 0.2) is 0 Å². The number of rotatable bonds is 24. The first-order valence-corrected chi connectivity index (χ1v) is 29.9. The van der Waals surface area contributed by atoms with Crippen LogP contribution < -0.4 is 30.2 Å². The Labute approximate surface area is 526 Å². The zero-order valence-corrected chi connectivity index (χ0v) is 52.2. The van der Waals surface area contributed by atoms with Crippen molar-refractivity contribution in [3.8, 4) is 35.5 Å². The Balaban J connectivity index is 0.000000186. The number of hydrogen-bond donors (Lipinski definition) is 6. The van der Waals surface area contributed by atoms with Crippen LogP contribution in [-0.4, -0.2) is 89.7 Å². The molecule has 6 N–H and O–H groups in total. The average Bonchev–Trinajstić information content (AvgIpc) is 3.63. The summed E-state index contributed by atoms with van der Waals surface area (Å²) in [7, 11) is 0. The van der Waals surface area contributed by atoms with Crippen LogP contribution in [0.25, 0.3) is 32.3 Å². The van der Waals surface area contributed by atoms with Gasteiger partial charge in [-0.3, -0.25) is 0 Å². The van der Waals surface area contributed by atoms with E-state index in [1.807, 2.05) is 54.6 Å². The van der Waals surface area contributed by atoms with E-state index in [-0.39, 0.29) is 53.1 Å². The number of nitrogens with one attached hydrogen (secondary N) is 3. The number of ether oxygens (including phenoxy) is 3. The first-order chi connectivity index (χ1) is 41.6. The first-order valence-electron chi connectivity index (χ1n) is 28.8. The molecule has 0 amide bonds. The molecule has 0 radical (unpaired) electrons. The van der Waals surface area contributed by atoms with Crippen LogP contribution in [0.5, 0.6) is 17.2 Å². The van der Waals surface area contributed by atoms with Crippen LogP contribution in [0.1, 0.15) is 74.9 Å². The lowest BCUT2D eigenvalue weighted by Crippen LogP contribution is -2.46. The molecule has 9 aromatic carbocycles. The molecule has 3 atom stereocenters. The third-order valence-electron chi connectivity index (χ3n) is 14.4. The third kappa shape index (κ3) is 20.7. The molecule has 0 aliphatic heterocycles. The van der Waals surface area contributed by atoms with E-state index in [9.17, 15) is 31.1 Å². The van der Waals surface area contributed by atoms with E-state index in [0.717, 1.165) is 19.3 Å². The van der Waals surface area contributed by atoms with E-state index < -0.39 is 18.3 Å². The maximum absolute atomic E-state index is 10.3. The number of aliphatic hydroxyl groups is 3. The molecule has 0 fully saturated rings. The van der Waals surface area contributed by atoms with Crippen molar-refractivity contribution in [1.29, 1.82) is 15.8 Å². The molecule has 0 saturated carbocycles. The summed E-state index contributed by atoms with van der Waals surface area (Å²) in [5.41, 5.74) is 3.98. The molecule has 450 valence electrons. The van der Waals surface area contributed by atoms with Gasteiger partial charge in [0, 0.05) is 36.3 Å². The van der Waals surface area contributed by atoms with E-state index in [2.05, 4.69) is 148 Å². The van der Waals surface area contributed by atoms with Crippen molar-refractivity contribution in [3.05, 3.63) is 230 Å². The van der Waals surface area contributed by atoms with Crippen molar-refractivity contribution >= 4 is 67.1 Å². The summed E-state index contributed by atoms with van der Waals surface area (Å²) >= 11 is 18.0. The zero-order valence-electron chi connectivity index (χ0n) is 50.0. The van der Waals surface area contributed by atoms with Gasteiger partial charge in [-0.1, -0.05) is 180 Å². The zero-order chi connectivity index (χ0) is 62.6. The van der Waals surface area contributed by atoms with E-state index in [4.69, 9.17) is 49.0 Å². The monoisotopic (exact) mass is 1220 g/mol. The second-order valence-corrected chi connectivity index (χ2v) is 24.7. The highest BCUT2D eigenvalue weighted by Crippen LogP contribution is 2.29. The van der Waals surface area contributed by atoms with Crippen molar-refractivity contribution in [2.45, 2.75) is 95.7 Å². The molecule has 0 bridgehead atoms. The summed E-state index contributed by atoms with van der Waals surface area (Å²) in [6.07, 6.45) is 0.360. The molecule has 0 saturated heterocycles. The quantitative estimate of drug-likeness (QED) is 0.0336. The second-order valence-electron chi connectivity index (χ2n) is 23.4. The summed E-state index contributed by atoms with van der Waals surface area (Å²) in [6.45, 7) is 14.0. The fraction of sp³-hybridized carbons (Fsp3) is 0.292. The number of nitrogens with zero attached hydrogens (tertiary/aromatic N) is 3. The van der Waals surface area contributed by atoms with Crippen molar-refractivity contribution in [2.75, 3.05) is 39.5 Å². The Hall–Kier alpha value is -7.74. The maximum atomic E-state index is 10.3. The summed E-state index contributed by atoms with van der Waals surface area (Å²) in [4.78, 5) is 0. The van der Waals surface area contributed by atoms with Gasteiger partial charge in [-0.15, -0.1) is 0 Å². The minimum absolute atomic E-state index is 0.0775. The van der Waals surface area contributed by atoms with Crippen LogP contribution in [0.4, 0.5) is 0 Å². The number of aliphatic hydroxyl groups excluding tert-OH is 3. The normalized spacial score (nSPS) is 12.5. The molecule has 9 rings (SSSR count). The lowest BCUT2D eigenvalue weighted by atomic mass is 9.93. The Bertz CT molecular complexity index is 3480. The molecule has 0 aliphatic rings. The van der Waals surface area contributed by atoms with Crippen molar-refractivity contribution in [3.63, 3.8) is 0 Å². The molecular formula is C72H75Cl3N6O6. The lowest BCUT2D eigenvalue weighted by molar-refractivity contribution is 0.0987. The van der Waals surface area contributed by atoms with Gasteiger partial charge in [0.25, 0.3) is 0 Å². The predicted octanol–water partition coefficient (Wildman–Crippen LogP) is 14.1. The van der Waals surface area contributed by atoms with E-state index in [1.165, 1.54) is 49.0 Å². The van der Waals surface area contributed by atoms with Gasteiger partial charge in [-0.2, -0.15) is 15.8 Å². The Kier molecular flexibility index (Phi) is 24.4.